The Hall–Kier alpha value is -3.59. The highest BCUT2D eigenvalue weighted by Crippen LogP contribution is 2.38. The maximum absolute atomic E-state index is 5.12. The Bertz CT molecular complexity index is 1470. The van der Waals surface area contributed by atoms with Gasteiger partial charge in [-0.15, -0.1) is 0 Å². The molecular weight excluding hydrogens is 330 g/mol. The highest BCUT2D eigenvalue weighted by molar-refractivity contribution is 6.25. The molecule has 0 saturated carbocycles. The van der Waals surface area contributed by atoms with E-state index in [2.05, 4.69) is 89.7 Å². The van der Waals surface area contributed by atoms with Gasteiger partial charge in [0.2, 0.25) is 0 Å². The topological polar surface area (TPSA) is 44.5 Å². The predicted octanol–water partition coefficient (Wildman–Crippen LogP) is 6.33. The molecule has 3 aromatic carbocycles. The van der Waals surface area contributed by atoms with Crippen molar-refractivity contribution < 1.29 is 0 Å². The zero-order valence-electron chi connectivity index (χ0n) is 14.9. The molecule has 0 aliphatic rings. The molecule has 0 atom stereocenters. The minimum atomic E-state index is 0.999. The van der Waals surface area contributed by atoms with Crippen LogP contribution in [0.5, 0.6) is 0 Å². The van der Waals surface area contributed by atoms with Gasteiger partial charge >= 0.3 is 0 Å². The normalized spacial score (nSPS) is 11.9. The summed E-state index contributed by atoms with van der Waals surface area (Å²) < 4.78 is 0. The van der Waals surface area contributed by atoms with Crippen molar-refractivity contribution in [2.75, 3.05) is 0 Å². The number of hydrogen-bond acceptors (Lipinski definition) is 1. The number of benzene rings is 3. The van der Waals surface area contributed by atoms with Crippen molar-refractivity contribution in [3.05, 3.63) is 78.4 Å². The van der Waals surface area contributed by atoms with Gasteiger partial charge in [-0.1, -0.05) is 66.2 Å². The minimum absolute atomic E-state index is 0.999. The van der Waals surface area contributed by atoms with Gasteiger partial charge in [-0.25, -0.2) is 4.98 Å². The molecule has 3 heterocycles. The van der Waals surface area contributed by atoms with Gasteiger partial charge in [0, 0.05) is 32.8 Å². The summed E-state index contributed by atoms with van der Waals surface area (Å²) in [7, 11) is 0. The van der Waals surface area contributed by atoms with E-state index in [0.29, 0.717) is 0 Å². The van der Waals surface area contributed by atoms with E-state index >= 15 is 0 Å². The highest BCUT2D eigenvalue weighted by atomic mass is 14.8. The molecular formula is C24H17N3. The van der Waals surface area contributed by atoms with Crippen molar-refractivity contribution in [1.29, 1.82) is 0 Å². The van der Waals surface area contributed by atoms with E-state index in [0.717, 1.165) is 44.2 Å². The fourth-order valence-corrected chi connectivity index (χ4v) is 4.09. The molecule has 6 rings (SSSR count). The first kappa shape index (κ1) is 14.6. The van der Waals surface area contributed by atoms with Gasteiger partial charge in [0.25, 0.3) is 0 Å². The van der Waals surface area contributed by atoms with Crippen LogP contribution in [0.4, 0.5) is 0 Å². The number of H-pyrrole nitrogens is 2. The van der Waals surface area contributed by atoms with Crippen LogP contribution < -0.4 is 0 Å². The molecule has 2 N–H and O–H groups in total. The SMILES string of the molecule is Cc1ccc(-c2nc3c4ccccc4[nH]c3c3c2[nH]c2ccccc23)cc1. The number of aryl methyl sites for hydroxylation is 1. The van der Waals surface area contributed by atoms with Crippen molar-refractivity contribution in [3.8, 4) is 11.3 Å². The van der Waals surface area contributed by atoms with Crippen LogP contribution in [0.15, 0.2) is 72.8 Å². The first-order valence-corrected chi connectivity index (χ1v) is 9.17. The number of nitrogens with zero attached hydrogens (tertiary/aromatic N) is 1. The number of para-hydroxylation sites is 2. The molecule has 0 unspecified atom stereocenters. The summed E-state index contributed by atoms with van der Waals surface area (Å²) in [5.74, 6) is 0. The largest absolute Gasteiger partial charge is 0.353 e. The van der Waals surface area contributed by atoms with Crippen molar-refractivity contribution in [3.63, 3.8) is 0 Å². The van der Waals surface area contributed by atoms with E-state index < -0.39 is 0 Å². The Labute approximate surface area is 155 Å². The van der Waals surface area contributed by atoms with Crippen LogP contribution >= 0.6 is 0 Å². The lowest BCUT2D eigenvalue weighted by molar-refractivity contribution is 1.39. The highest BCUT2D eigenvalue weighted by Gasteiger charge is 2.18. The third kappa shape index (κ3) is 1.99. The van der Waals surface area contributed by atoms with Crippen LogP contribution in [0.2, 0.25) is 0 Å². The third-order valence-corrected chi connectivity index (χ3v) is 5.42. The van der Waals surface area contributed by atoms with E-state index in [-0.39, 0.29) is 0 Å². The lowest BCUT2D eigenvalue weighted by Gasteiger charge is -2.05. The molecule has 0 aliphatic heterocycles. The van der Waals surface area contributed by atoms with Gasteiger partial charge in [0.05, 0.1) is 22.2 Å². The number of aromatic amines is 2. The Morgan fingerprint density at radius 2 is 1.30 bits per heavy atom. The summed E-state index contributed by atoms with van der Waals surface area (Å²) in [6.07, 6.45) is 0. The number of nitrogens with one attached hydrogen (secondary N) is 2. The van der Waals surface area contributed by atoms with Crippen molar-refractivity contribution in [1.82, 2.24) is 15.0 Å². The third-order valence-electron chi connectivity index (χ3n) is 5.42. The van der Waals surface area contributed by atoms with Crippen molar-refractivity contribution >= 4 is 43.7 Å². The molecule has 0 fully saturated rings. The van der Waals surface area contributed by atoms with Crippen LogP contribution in [-0.2, 0) is 0 Å². The maximum Gasteiger partial charge on any atom is 0.0973 e. The smallest absolute Gasteiger partial charge is 0.0973 e. The second-order valence-electron chi connectivity index (χ2n) is 7.14. The van der Waals surface area contributed by atoms with Crippen LogP contribution in [0.3, 0.4) is 0 Å². The van der Waals surface area contributed by atoms with Crippen LogP contribution in [0.1, 0.15) is 5.56 Å². The summed E-state index contributed by atoms with van der Waals surface area (Å²) in [5.41, 5.74) is 8.83. The van der Waals surface area contributed by atoms with E-state index in [1.807, 2.05) is 0 Å². The number of aromatic nitrogens is 3. The van der Waals surface area contributed by atoms with Crippen molar-refractivity contribution in [2.45, 2.75) is 6.92 Å². The zero-order chi connectivity index (χ0) is 18.0. The summed E-state index contributed by atoms with van der Waals surface area (Å²) in [4.78, 5) is 12.3. The average molecular weight is 347 g/mol. The average Bonchev–Trinajstić information content (AvgIpc) is 3.26. The number of fused-ring (bicyclic) bond motifs is 7. The molecule has 3 nitrogen and oxygen atoms in total. The molecule has 0 saturated heterocycles. The summed E-state index contributed by atoms with van der Waals surface area (Å²) >= 11 is 0. The van der Waals surface area contributed by atoms with Crippen LogP contribution in [0.25, 0.3) is 55.0 Å². The van der Waals surface area contributed by atoms with Crippen molar-refractivity contribution in [2.24, 2.45) is 0 Å². The lowest BCUT2D eigenvalue weighted by Crippen LogP contribution is -1.88. The molecule has 0 amide bonds. The van der Waals surface area contributed by atoms with Gasteiger partial charge in [0.15, 0.2) is 0 Å². The van der Waals surface area contributed by atoms with Gasteiger partial charge < -0.3 is 9.97 Å². The van der Waals surface area contributed by atoms with Gasteiger partial charge in [-0.2, -0.15) is 0 Å². The lowest BCUT2D eigenvalue weighted by atomic mass is 10.0. The number of rotatable bonds is 1. The molecule has 0 aliphatic carbocycles. The van der Waals surface area contributed by atoms with Gasteiger partial charge in [0.1, 0.15) is 0 Å². The molecule has 27 heavy (non-hydrogen) atoms. The van der Waals surface area contributed by atoms with Gasteiger partial charge in [-0.05, 0) is 19.1 Å². The molecule has 128 valence electrons. The first-order chi connectivity index (χ1) is 13.3. The second-order valence-corrected chi connectivity index (χ2v) is 7.14. The zero-order valence-corrected chi connectivity index (χ0v) is 14.9. The van der Waals surface area contributed by atoms with E-state index in [1.54, 1.807) is 0 Å². The Kier molecular flexibility index (Phi) is 2.81. The quantitative estimate of drug-likeness (QED) is 0.359. The standard InChI is InChI=1S/C24H17N3/c1-14-10-12-15(13-11-14)21-23-20(16-6-2-4-8-18(16)25-23)24-22(27-21)17-7-3-5-9-19(17)26-24/h2-13,25-26H,1H3. The maximum atomic E-state index is 5.12. The van der Waals surface area contributed by atoms with E-state index in [4.69, 9.17) is 4.98 Å². The summed E-state index contributed by atoms with van der Waals surface area (Å²) in [5, 5.41) is 3.59. The molecule has 0 radical (unpaired) electrons. The fraction of sp³-hybridized carbons (Fsp3) is 0.0417. The molecule has 3 heteroatoms. The summed E-state index contributed by atoms with van der Waals surface area (Å²) in [6.45, 7) is 2.11. The second kappa shape index (κ2) is 5.21. The minimum Gasteiger partial charge on any atom is -0.353 e. The predicted molar refractivity (Wildman–Crippen MR) is 113 cm³/mol. The molecule has 0 bridgehead atoms. The Morgan fingerprint density at radius 3 is 2.07 bits per heavy atom. The molecule has 0 spiro atoms. The monoisotopic (exact) mass is 347 g/mol. The fourth-order valence-electron chi connectivity index (χ4n) is 4.09. The first-order valence-electron chi connectivity index (χ1n) is 9.17. The number of hydrogen-bond donors (Lipinski definition) is 2. The van der Waals surface area contributed by atoms with E-state index in [1.165, 1.54) is 16.3 Å². The van der Waals surface area contributed by atoms with Gasteiger partial charge in [-0.3, -0.25) is 0 Å². The van der Waals surface area contributed by atoms with Crippen LogP contribution in [0, 0.1) is 6.92 Å². The summed E-state index contributed by atoms with van der Waals surface area (Å²) in [6, 6.07) is 25.5. The Balaban J connectivity index is 1.88. The van der Waals surface area contributed by atoms with E-state index in [9.17, 15) is 0 Å². The molecule has 6 aromatic rings. The molecule has 3 aromatic heterocycles. The van der Waals surface area contributed by atoms with Crippen LogP contribution in [-0.4, -0.2) is 15.0 Å². The number of pyridine rings is 1. The Morgan fingerprint density at radius 1 is 0.667 bits per heavy atom.